The van der Waals surface area contributed by atoms with E-state index in [1.54, 1.807) is 12.0 Å². The largest absolute Gasteiger partial charge is 2.00 e. The van der Waals surface area contributed by atoms with E-state index in [0.717, 1.165) is 17.4 Å². The Bertz CT molecular complexity index is 794. The van der Waals surface area contributed by atoms with Gasteiger partial charge in [-0.1, -0.05) is 18.2 Å². The Balaban J connectivity index is 0.000000401. The molecule has 2 aliphatic carbocycles. The van der Waals surface area contributed by atoms with Gasteiger partial charge in [0.15, 0.2) is 6.10 Å². The van der Waals surface area contributed by atoms with Crippen LogP contribution in [0.1, 0.15) is 0 Å². The van der Waals surface area contributed by atoms with Gasteiger partial charge in [0.25, 0.3) is 5.91 Å². The number of para-hydroxylation sites is 1. The Morgan fingerprint density at radius 2 is 1.32 bits per heavy atom. The molecule has 2 aromatic carbocycles. The van der Waals surface area contributed by atoms with Crippen molar-refractivity contribution in [2.75, 3.05) is 12.0 Å². The number of ether oxygens (including phenoxy) is 2. The Kier molecular flexibility index (Phi) is 8.86. The van der Waals surface area contributed by atoms with E-state index >= 15 is 0 Å². The number of nitrogens with zero attached hydrogens (tertiary/aromatic N) is 1. The van der Waals surface area contributed by atoms with Crippen LogP contribution in [0, 0.1) is 63.7 Å². The summed E-state index contributed by atoms with van der Waals surface area (Å²) in [6.45, 7) is 0. The number of methoxy groups -OCH3 is 1. The first-order valence-electron chi connectivity index (χ1n) is 9.85. The Labute approximate surface area is 196 Å². The van der Waals surface area contributed by atoms with E-state index < -0.39 is 6.10 Å². The van der Waals surface area contributed by atoms with E-state index in [1.807, 2.05) is 112 Å². The van der Waals surface area contributed by atoms with Crippen molar-refractivity contribution in [3.05, 3.63) is 118 Å². The van der Waals surface area contributed by atoms with Crippen molar-refractivity contribution >= 4 is 11.6 Å². The smallest absolute Gasteiger partial charge is 0.497 e. The fraction of sp³-hybridized carbons (Fsp3) is 0.115. The van der Waals surface area contributed by atoms with Crippen LogP contribution in [0.15, 0.2) is 54.6 Å². The first kappa shape index (κ1) is 23.7. The van der Waals surface area contributed by atoms with Gasteiger partial charge in [0.1, 0.15) is 11.5 Å². The molecule has 31 heavy (non-hydrogen) atoms. The van der Waals surface area contributed by atoms with Crippen LogP contribution in [0.25, 0.3) is 0 Å². The van der Waals surface area contributed by atoms with Crippen molar-refractivity contribution in [1.82, 2.24) is 0 Å². The molecule has 0 N–H and O–H groups in total. The van der Waals surface area contributed by atoms with Gasteiger partial charge in [-0.25, -0.2) is 0 Å². The quantitative estimate of drug-likeness (QED) is 0.501. The third-order valence-electron chi connectivity index (χ3n) is 4.99. The summed E-state index contributed by atoms with van der Waals surface area (Å²) in [6, 6.07) is 16.8. The minimum Gasteiger partial charge on any atom is -0.497 e. The SMILES string of the molecule is COc1ccc(N2C(=O)[C@H](Oc3ccccc3)[C@@H]2[C]2[CH][CH][CH][CH]2)cc1.[CH]1[CH][CH][CH][CH]1.[Fe+2]. The summed E-state index contributed by atoms with van der Waals surface area (Å²) in [4.78, 5) is 14.6. The minimum atomic E-state index is -0.521. The van der Waals surface area contributed by atoms with Gasteiger partial charge in [-0.3, -0.25) is 4.79 Å². The zero-order chi connectivity index (χ0) is 20.8. The molecule has 0 spiro atoms. The zero-order valence-corrected chi connectivity index (χ0v) is 18.2. The minimum absolute atomic E-state index is 0. The summed E-state index contributed by atoms with van der Waals surface area (Å²) < 4.78 is 11.2. The molecule has 1 amide bonds. The first-order valence-corrected chi connectivity index (χ1v) is 9.85. The van der Waals surface area contributed by atoms with Gasteiger partial charge in [-0.05, 0) is 94.2 Å². The Hall–Kier alpha value is -1.97. The van der Waals surface area contributed by atoms with Crippen molar-refractivity contribution < 1.29 is 31.3 Å². The summed E-state index contributed by atoms with van der Waals surface area (Å²) in [5, 5.41) is 0. The molecule has 1 saturated heterocycles. The van der Waals surface area contributed by atoms with Crippen LogP contribution in [0.4, 0.5) is 5.69 Å². The monoisotopic (exact) mass is 453 g/mol. The molecule has 0 unspecified atom stereocenters. The maximum absolute atomic E-state index is 12.8. The van der Waals surface area contributed by atoms with Gasteiger partial charge >= 0.3 is 17.1 Å². The molecule has 0 aromatic heterocycles. The number of amides is 1. The number of hydrogen-bond donors (Lipinski definition) is 0. The van der Waals surface area contributed by atoms with Crippen molar-refractivity contribution in [3.8, 4) is 11.5 Å². The maximum atomic E-state index is 12.8. The second-order valence-corrected chi connectivity index (χ2v) is 6.88. The molecule has 5 rings (SSSR count). The fourth-order valence-electron chi connectivity index (χ4n) is 3.48. The molecule has 1 aliphatic heterocycles. The van der Waals surface area contributed by atoms with Crippen LogP contribution in [0.3, 0.4) is 0 Å². The van der Waals surface area contributed by atoms with Crippen LogP contribution >= 0.6 is 0 Å². The predicted octanol–water partition coefficient (Wildman–Crippen LogP) is 4.28. The van der Waals surface area contributed by atoms with Crippen LogP contribution < -0.4 is 14.4 Å². The predicted molar refractivity (Wildman–Crippen MR) is 117 cm³/mol. The number of β-lactam (4-membered cyclic amide) rings is 1. The molecule has 3 aliphatic rings. The molecule has 4 nitrogen and oxygen atoms in total. The third-order valence-corrected chi connectivity index (χ3v) is 4.99. The molecule has 3 fully saturated rings. The second kappa shape index (κ2) is 11.6. The Morgan fingerprint density at radius 3 is 1.87 bits per heavy atom. The van der Waals surface area contributed by atoms with Gasteiger partial charge in [-0.2, -0.15) is 0 Å². The van der Waals surface area contributed by atoms with Crippen molar-refractivity contribution in [1.29, 1.82) is 0 Å². The van der Waals surface area contributed by atoms with E-state index in [1.165, 1.54) is 0 Å². The molecule has 1 heterocycles. The van der Waals surface area contributed by atoms with E-state index in [0.29, 0.717) is 5.75 Å². The molecule has 0 bridgehead atoms. The summed E-state index contributed by atoms with van der Waals surface area (Å²) in [6.07, 6.45) is 17.5. The van der Waals surface area contributed by atoms with Crippen LogP contribution in [-0.4, -0.2) is 25.2 Å². The van der Waals surface area contributed by atoms with E-state index in [-0.39, 0.29) is 29.0 Å². The molecule has 2 aromatic rings. The molecule has 2 saturated carbocycles. The van der Waals surface area contributed by atoms with Crippen LogP contribution in [0.5, 0.6) is 11.5 Å². The summed E-state index contributed by atoms with van der Waals surface area (Å²) in [5.74, 6) is 2.49. The third kappa shape index (κ3) is 5.64. The number of carbonyl (C=O) groups is 1. The van der Waals surface area contributed by atoms with E-state index in [9.17, 15) is 4.79 Å². The topological polar surface area (TPSA) is 38.8 Å². The number of anilines is 1. The van der Waals surface area contributed by atoms with Crippen molar-refractivity contribution in [2.45, 2.75) is 12.1 Å². The van der Waals surface area contributed by atoms with E-state index in [2.05, 4.69) is 0 Å². The van der Waals surface area contributed by atoms with Gasteiger partial charge in [0, 0.05) is 11.6 Å². The molecule has 10 radical (unpaired) electrons. The fourth-order valence-corrected chi connectivity index (χ4v) is 3.48. The van der Waals surface area contributed by atoms with Crippen molar-refractivity contribution in [3.63, 3.8) is 0 Å². The first-order chi connectivity index (χ1) is 14.8. The van der Waals surface area contributed by atoms with E-state index in [4.69, 9.17) is 9.47 Å². The van der Waals surface area contributed by atoms with Crippen molar-refractivity contribution in [2.24, 2.45) is 0 Å². The average molecular weight is 453 g/mol. The standard InChI is InChI=1S/C21H18NO3.C5H5.Fe/c1-24-17-13-11-16(12-14-17)22-19(15-7-5-6-8-15)20(21(22)23)25-18-9-3-2-4-10-18;1-2-4-5-3-1;/h2-14,19-20H,1H3;1-5H;/q;;+2/t19-,20+;;/m0../s1. The molecular weight excluding hydrogens is 430 g/mol. The molecular formula is C26H23FeNO3+2. The Morgan fingerprint density at radius 1 is 0.742 bits per heavy atom. The number of benzene rings is 2. The second-order valence-electron chi connectivity index (χ2n) is 6.88. The van der Waals surface area contributed by atoms with Gasteiger partial charge in [0.05, 0.1) is 13.2 Å². The normalized spacial score (nSPS) is 22.7. The number of carbonyl (C=O) groups excluding carboxylic acids is 1. The summed E-state index contributed by atoms with van der Waals surface area (Å²) in [5.41, 5.74) is 0.838. The van der Waals surface area contributed by atoms with Crippen LogP contribution in [0.2, 0.25) is 0 Å². The summed E-state index contributed by atoms with van der Waals surface area (Å²) in [7, 11) is 1.63. The van der Waals surface area contributed by atoms with Crippen LogP contribution in [-0.2, 0) is 21.9 Å². The van der Waals surface area contributed by atoms with Gasteiger partial charge in [-0.15, -0.1) is 0 Å². The van der Waals surface area contributed by atoms with Gasteiger partial charge in [0.2, 0.25) is 0 Å². The zero-order valence-electron chi connectivity index (χ0n) is 17.1. The number of rotatable bonds is 5. The summed E-state index contributed by atoms with van der Waals surface area (Å²) >= 11 is 0. The number of hydrogen-bond acceptors (Lipinski definition) is 3. The molecule has 5 heteroatoms. The average Bonchev–Trinajstić information content (AvgIpc) is 3.54. The maximum Gasteiger partial charge on any atom is 2.00 e. The molecule has 2 atom stereocenters. The molecule has 156 valence electrons. The van der Waals surface area contributed by atoms with Gasteiger partial charge < -0.3 is 14.4 Å².